The Morgan fingerprint density at radius 1 is 1.16 bits per heavy atom. The van der Waals surface area contributed by atoms with Crippen LogP contribution in [0.2, 0.25) is 0 Å². The molecule has 0 saturated heterocycles. The van der Waals surface area contributed by atoms with E-state index in [4.69, 9.17) is 17.0 Å². The summed E-state index contributed by atoms with van der Waals surface area (Å²) in [5.74, 6) is 1.63. The summed E-state index contributed by atoms with van der Waals surface area (Å²) in [6.07, 6.45) is 1.74. The standard InChI is InChI=1S/C14H15N3OS/c1-15-13-8-3-10(9-16-13)14(19)17-11-4-6-12(18-2)7-5-11/h3-9H,1-2H3,(H,15,16)(H,17,19). The van der Waals surface area contributed by atoms with Crippen LogP contribution in [0.4, 0.5) is 11.5 Å². The minimum atomic E-state index is 0.639. The number of hydrogen-bond acceptors (Lipinski definition) is 4. The number of nitrogens with zero attached hydrogens (tertiary/aromatic N) is 1. The van der Waals surface area contributed by atoms with Crippen molar-refractivity contribution in [3.05, 3.63) is 48.2 Å². The van der Waals surface area contributed by atoms with Gasteiger partial charge in [-0.25, -0.2) is 4.98 Å². The molecule has 0 atom stereocenters. The lowest BCUT2D eigenvalue weighted by Gasteiger charge is -2.09. The Bertz CT molecular complexity index is 552. The van der Waals surface area contributed by atoms with E-state index in [1.165, 1.54) is 0 Å². The van der Waals surface area contributed by atoms with Gasteiger partial charge in [-0.05, 0) is 36.4 Å². The molecule has 0 radical (unpaired) electrons. The molecule has 0 fully saturated rings. The van der Waals surface area contributed by atoms with E-state index in [0.29, 0.717) is 4.99 Å². The third-order valence-electron chi connectivity index (χ3n) is 2.63. The number of thiocarbonyl (C=S) groups is 1. The molecule has 19 heavy (non-hydrogen) atoms. The monoisotopic (exact) mass is 273 g/mol. The number of aromatic nitrogens is 1. The number of benzene rings is 1. The molecule has 0 spiro atoms. The highest BCUT2D eigenvalue weighted by Crippen LogP contribution is 2.16. The van der Waals surface area contributed by atoms with Crippen molar-refractivity contribution in [3.8, 4) is 5.75 Å². The SMILES string of the molecule is CNc1ccc(C(=S)Nc2ccc(OC)cc2)cn1. The summed E-state index contributed by atoms with van der Waals surface area (Å²) in [6.45, 7) is 0. The highest BCUT2D eigenvalue weighted by Gasteiger charge is 2.02. The molecule has 1 aromatic carbocycles. The quantitative estimate of drug-likeness (QED) is 0.839. The Kier molecular flexibility index (Phi) is 4.30. The molecule has 0 aliphatic heterocycles. The van der Waals surface area contributed by atoms with Gasteiger partial charge in [-0.2, -0.15) is 0 Å². The molecule has 2 rings (SSSR count). The summed E-state index contributed by atoms with van der Waals surface area (Å²) in [5.41, 5.74) is 1.80. The lowest BCUT2D eigenvalue weighted by Crippen LogP contribution is -2.10. The molecule has 0 aliphatic rings. The third kappa shape index (κ3) is 3.42. The summed E-state index contributed by atoms with van der Waals surface area (Å²) in [5, 5.41) is 6.13. The van der Waals surface area contributed by atoms with E-state index in [1.807, 2.05) is 43.4 Å². The van der Waals surface area contributed by atoms with E-state index < -0.39 is 0 Å². The summed E-state index contributed by atoms with van der Waals surface area (Å²) in [6, 6.07) is 11.4. The first-order valence-corrected chi connectivity index (χ1v) is 6.23. The van der Waals surface area contributed by atoms with Gasteiger partial charge in [0.1, 0.15) is 16.6 Å². The molecule has 0 saturated carbocycles. The largest absolute Gasteiger partial charge is 0.497 e. The van der Waals surface area contributed by atoms with Crippen LogP contribution in [0.15, 0.2) is 42.6 Å². The number of hydrogen-bond donors (Lipinski definition) is 2. The third-order valence-corrected chi connectivity index (χ3v) is 2.97. The van der Waals surface area contributed by atoms with Gasteiger partial charge in [0.15, 0.2) is 0 Å². The van der Waals surface area contributed by atoms with Crippen molar-refractivity contribution in [2.45, 2.75) is 0 Å². The summed E-state index contributed by atoms with van der Waals surface area (Å²) in [7, 11) is 3.47. The van der Waals surface area contributed by atoms with E-state index in [0.717, 1.165) is 22.8 Å². The van der Waals surface area contributed by atoms with Crippen molar-refractivity contribution in [3.63, 3.8) is 0 Å². The zero-order valence-corrected chi connectivity index (χ0v) is 11.6. The fourth-order valence-electron chi connectivity index (χ4n) is 1.55. The van der Waals surface area contributed by atoms with Gasteiger partial charge in [-0.3, -0.25) is 0 Å². The normalized spacial score (nSPS) is 9.79. The average molecular weight is 273 g/mol. The van der Waals surface area contributed by atoms with Gasteiger partial charge in [0.2, 0.25) is 0 Å². The second-order valence-corrected chi connectivity index (χ2v) is 4.27. The maximum atomic E-state index is 5.34. The minimum absolute atomic E-state index is 0.639. The molecule has 2 aromatic rings. The maximum absolute atomic E-state index is 5.34. The lowest BCUT2D eigenvalue weighted by molar-refractivity contribution is 0.415. The maximum Gasteiger partial charge on any atom is 0.125 e. The smallest absolute Gasteiger partial charge is 0.125 e. The zero-order valence-electron chi connectivity index (χ0n) is 10.8. The first-order chi connectivity index (χ1) is 9.22. The lowest BCUT2D eigenvalue weighted by atomic mass is 10.2. The molecule has 1 aromatic heterocycles. The van der Waals surface area contributed by atoms with Gasteiger partial charge < -0.3 is 15.4 Å². The summed E-state index contributed by atoms with van der Waals surface area (Å²) < 4.78 is 5.11. The van der Waals surface area contributed by atoms with Crippen LogP contribution >= 0.6 is 12.2 Å². The number of ether oxygens (including phenoxy) is 1. The number of rotatable bonds is 4. The zero-order chi connectivity index (χ0) is 13.7. The van der Waals surface area contributed by atoms with Crippen LogP contribution in [0, 0.1) is 0 Å². The van der Waals surface area contributed by atoms with Gasteiger partial charge in [-0.15, -0.1) is 0 Å². The second-order valence-electron chi connectivity index (χ2n) is 3.86. The Morgan fingerprint density at radius 3 is 2.42 bits per heavy atom. The number of pyridine rings is 1. The van der Waals surface area contributed by atoms with Crippen LogP contribution < -0.4 is 15.4 Å². The molecule has 5 heteroatoms. The van der Waals surface area contributed by atoms with E-state index in [1.54, 1.807) is 13.3 Å². The first kappa shape index (κ1) is 13.3. The molecule has 4 nitrogen and oxygen atoms in total. The van der Waals surface area contributed by atoms with Crippen molar-refractivity contribution in [2.75, 3.05) is 24.8 Å². The van der Waals surface area contributed by atoms with E-state index in [9.17, 15) is 0 Å². The van der Waals surface area contributed by atoms with Crippen LogP contribution in [-0.2, 0) is 0 Å². The van der Waals surface area contributed by atoms with Crippen molar-refractivity contribution >= 4 is 28.7 Å². The van der Waals surface area contributed by atoms with Crippen LogP contribution in [0.25, 0.3) is 0 Å². The van der Waals surface area contributed by atoms with E-state index >= 15 is 0 Å². The Balaban J connectivity index is 2.06. The molecule has 0 aliphatic carbocycles. The van der Waals surface area contributed by atoms with Gasteiger partial charge >= 0.3 is 0 Å². The molecular weight excluding hydrogens is 258 g/mol. The Labute approximate surface area is 117 Å². The highest BCUT2D eigenvalue weighted by atomic mass is 32.1. The van der Waals surface area contributed by atoms with Gasteiger partial charge in [-0.1, -0.05) is 12.2 Å². The highest BCUT2D eigenvalue weighted by molar-refractivity contribution is 7.81. The second kappa shape index (κ2) is 6.15. The topological polar surface area (TPSA) is 46.2 Å². The molecule has 1 heterocycles. The predicted octanol–water partition coefficient (Wildman–Crippen LogP) is 2.92. The number of anilines is 2. The fraction of sp³-hybridized carbons (Fsp3) is 0.143. The molecular formula is C14H15N3OS. The van der Waals surface area contributed by atoms with E-state index in [-0.39, 0.29) is 0 Å². The molecule has 2 N–H and O–H groups in total. The minimum Gasteiger partial charge on any atom is -0.497 e. The number of nitrogens with one attached hydrogen (secondary N) is 2. The molecule has 98 valence electrons. The molecule has 0 bridgehead atoms. The van der Waals surface area contributed by atoms with E-state index in [2.05, 4.69) is 15.6 Å². The predicted molar refractivity (Wildman–Crippen MR) is 82.1 cm³/mol. The van der Waals surface area contributed by atoms with Gasteiger partial charge in [0, 0.05) is 24.5 Å². The van der Waals surface area contributed by atoms with Crippen LogP contribution in [0.1, 0.15) is 5.56 Å². The van der Waals surface area contributed by atoms with Crippen LogP contribution in [0.3, 0.4) is 0 Å². The molecule has 0 amide bonds. The van der Waals surface area contributed by atoms with Gasteiger partial charge in [0.05, 0.1) is 7.11 Å². The van der Waals surface area contributed by atoms with Gasteiger partial charge in [0.25, 0.3) is 0 Å². The van der Waals surface area contributed by atoms with Crippen molar-refractivity contribution in [2.24, 2.45) is 0 Å². The fourth-order valence-corrected chi connectivity index (χ4v) is 1.79. The summed E-state index contributed by atoms with van der Waals surface area (Å²) in [4.78, 5) is 4.87. The van der Waals surface area contributed by atoms with Crippen molar-refractivity contribution in [1.29, 1.82) is 0 Å². The summed E-state index contributed by atoms with van der Waals surface area (Å²) >= 11 is 5.34. The Hall–Kier alpha value is -2.14. The van der Waals surface area contributed by atoms with Crippen molar-refractivity contribution < 1.29 is 4.74 Å². The van der Waals surface area contributed by atoms with Crippen molar-refractivity contribution in [1.82, 2.24) is 4.98 Å². The number of methoxy groups -OCH3 is 1. The molecule has 0 unspecified atom stereocenters. The first-order valence-electron chi connectivity index (χ1n) is 5.82. The average Bonchev–Trinajstić information content (AvgIpc) is 2.48. The Morgan fingerprint density at radius 2 is 1.89 bits per heavy atom. The van der Waals surface area contributed by atoms with Crippen LogP contribution in [-0.4, -0.2) is 24.1 Å². The van der Waals surface area contributed by atoms with Crippen LogP contribution in [0.5, 0.6) is 5.75 Å².